The fourth-order valence-electron chi connectivity index (χ4n) is 1.36. The van der Waals surface area contributed by atoms with Crippen LogP contribution in [-0.2, 0) is 4.79 Å². The number of benzene rings is 1. The van der Waals surface area contributed by atoms with Crippen LogP contribution in [0.4, 0.5) is 4.79 Å². The van der Waals surface area contributed by atoms with Crippen LogP contribution in [0.2, 0.25) is 0 Å². The second-order valence-corrected chi connectivity index (χ2v) is 3.63. The monoisotopic (exact) mass is 281 g/mol. The molecule has 0 saturated carbocycles. The molecule has 0 aromatic heterocycles. The van der Waals surface area contributed by atoms with Gasteiger partial charge in [-0.2, -0.15) is 0 Å². The van der Waals surface area contributed by atoms with E-state index < -0.39 is 30.4 Å². The van der Waals surface area contributed by atoms with Gasteiger partial charge in [0, 0.05) is 0 Å². The number of nitrogens with one attached hydrogen (secondary N) is 1. The van der Waals surface area contributed by atoms with Crippen molar-refractivity contribution in [2.24, 2.45) is 5.73 Å². The number of nitrogens with zero attached hydrogens (tertiary/aromatic N) is 1. The lowest BCUT2D eigenvalue weighted by Crippen LogP contribution is -2.49. The SMILES string of the molecule is NC(=O)CN(NC(=O)c1ccccc1C(=O)O)C(=O)O. The van der Waals surface area contributed by atoms with E-state index in [1.54, 1.807) is 0 Å². The Hall–Kier alpha value is -3.10. The zero-order valence-electron chi connectivity index (χ0n) is 10.1. The number of carboxylic acids is 1. The highest BCUT2D eigenvalue weighted by atomic mass is 16.4. The minimum absolute atomic E-state index is 0.240. The van der Waals surface area contributed by atoms with Gasteiger partial charge in [0.15, 0.2) is 0 Å². The van der Waals surface area contributed by atoms with Gasteiger partial charge in [-0.1, -0.05) is 12.1 Å². The van der Waals surface area contributed by atoms with E-state index in [-0.39, 0.29) is 16.1 Å². The minimum Gasteiger partial charge on any atom is -0.478 e. The molecule has 9 nitrogen and oxygen atoms in total. The molecule has 3 amide bonds. The van der Waals surface area contributed by atoms with Gasteiger partial charge in [-0.05, 0) is 12.1 Å². The summed E-state index contributed by atoms with van der Waals surface area (Å²) in [5, 5.41) is 18.0. The predicted molar refractivity (Wildman–Crippen MR) is 64.8 cm³/mol. The first-order valence-electron chi connectivity index (χ1n) is 5.25. The number of hydrazine groups is 1. The second kappa shape index (κ2) is 6.18. The molecule has 1 aromatic rings. The molecule has 106 valence electrons. The Morgan fingerprint density at radius 3 is 2.10 bits per heavy atom. The van der Waals surface area contributed by atoms with Crippen molar-refractivity contribution in [3.05, 3.63) is 35.4 Å². The molecular formula is C11H11N3O6. The number of hydrogen-bond donors (Lipinski definition) is 4. The molecular weight excluding hydrogens is 270 g/mol. The molecule has 0 spiro atoms. The number of hydrogen-bond acceptors (Lipinski definition) is 4. The third-order valence-electron chi connectivity index (χ3n) is 2.18. The first kappa shape index (κ1) is 15.0. The van der Waals surface area contributed by atoms with Gasteiger partial charge in [0.05, 0.1) is 11.1 Å². The summed E-state index contributed by atoms with van der Waals surface area (Å²) in [6, 6.07) is 5.23. The molecule has 0 aliphatic rings. The quantitative estimate of drug-likeness (QED) is 0.546. The molecule has 0 heterocycles. The Morgan fingerprint density at radius 1 is 1.10 bits per heavy atom. The maximum absolute atomic E-state index is 11.8. The summed E-state index contributed by atoms with van der Waals surface area (Å²) in [6.45, 7) is -0.754. The zero-order chi connectivity index (χ0) is 15.3. The van der Waals surface area contributed by atoms with Gasteiger partial charge in [0.2, 0.25) is 5.91 Å². The summed E-state index contributed by atoms with van der Waals surface area (Å²) in [7, 11) is 0. The summed E-state index contributed by atoms with van der Waals surface area (Å²) in [5.74, 6) is -3.29. The molecule has 20 heavy (non-hydrogen) atoms. The second-order valence-electron chi connectivity index (χ2n) is 3.63. The van der Waals surface area contributed by atoms with Crippen molar-refractivity contribution < 1.29 is 29.4 Å². The molecule has 9 heteroatoms. The number of rotatable bonds is 4. The standard InChI is InChI=1S/C11H11N3O6/c12-8(15)5-14(11(19)20)13-9(16)6-3-1-2-4-7(6)10(17)18/h1-4H,5H2,(H2,12,15)(H,13,16)(H,17,18)(H,19,20). The van der Waals surface area contributed by atoms with Crippen molar-refractivity contribution in [1.29, 1.82) is 0 Å². The number of amides is 3. The van der Waals surface area contributed by atoms with Gasteiger partial charge in [-0.15, -0.1) is 0 Å². The van der Waals surface area contributed by atoms with Crippen LogP contribution in [0.3, 0.4) is 0 Å². The highest BCUT2D eigenvalue weighted by Crippen LogP contribution is 2.08. The predicted octanol–water partition coefficient (Wildman–Crippen LogP) is -0.505. The fourth-order valence-corrected chi connectivity index (χ4v) is 1.36. The number of carboxylic acid groups (broad SMARTS) is 2. The number of primary amides is 1. The molecule has 1 rings (SSSR count). The van der Waals surface area contributed by atoms with Crippen molar-refractivity contribution in [1.82, 2.24) is 10.4 Å². The summed E-state index contributed by atoms with van der Waals surface area (Å²) in [5.41, 5.74) is 6.19. The normalized spacial score (nSPS) is 9.60. The Bertz CT molecular complexity index is 571. The summed E-state index contributed by atoms with van der Waals surface area (Å²) in [6.07, 6.45) is -1.61. The van der Waals surface area contributed by atoms with Crippen LogP contribution in [0, 0.1) is 0 Å². The van der Waals surface area contributed by atoms with E-state index in [1.165, 1.54) is 24.3 Å². The molecule has 0 radical (unpaired) electrons. The first-order valence-corrected chi connectivity index (χ1v) is 5.25. The van der Waals surface area contributed by atoms with Gasteiger partial charge in [0.25, 0.3) is 5.91 Å². The number of aromatic carboxylic acids is 1. The Morgan fingerprint density at radius 2 is 1.65 bits per heavy atom. The van der Waals surface area contributed by atoms with Crippen LogP contribution in [0.15, 0.2) is 24.3 Å². The highest BCUT2D eigenvalue weighted by molar-refractivity contribution is 6.05. The van der Waals surface area contributed by atoms with E-state index in [2.05, 4.69) is 0 Å². The lowest BCUT2D eigenvalue weighted by Gasteiger charge is -2.18. The van der Waals surface area contributed by atoms with Crippen LogP contribution in [0.5, 0.6) is 0 Å². The smallest absolute Gasteiger partial charge is 0.426 e. The minimum atomic E-state index is -1.61. The lowest BCUT2D eigenvalue weighted by atomic mass is 10.1. The Balaban J connectivity index is 2.98. The van der Waals surface area contributed by atoms with Crippen LogP contribution in [-0.4, -0.2) is 45.6 Å². The van der Waals surface area contributed by atoms with Crippen molar-refractivity contribution in [3.63, 3.8) is 0 Å². The summed E-state index contributed by atoms with van der Waals surface area (Å²) in [4.78, 5) is 44.3. The van der Waals surface area contributed by atoms with Gasteiger partial charge < -0.3 is 15.9 Å². The van der Waals surface area contributed by atoms with Crippen molar-refractivity contribution in [2.75, 3.05) is 6.54 Å². The lowest BCUT2D eigenvalue weighted by molar-refractivity contribution is -0.119. The Labute approximate surface area is 112 Å². The van der Waals surface area contributed by atoms with E-state index in [0.717, 1.165) is 0 Å². The average molecular weight is 281 g/mol. The van der Waals surface area contributed by atoms with Crippen molar-refractivity contribution >= 4 is 23.9 Å². The molecule has 0 unspecified atom stereocenters. The summed E-state index contributed by atoms with van der Waals surface area (Å²) >= 11 is 0. The van der Waals surface area contributed by atoms with Crippen LogP contribution >= 0.6 is 0 Å². The topological polar surface area (TPSA) is 150 Å². The van der Waals surface area contributed by atoms with Gasteiger partial charge in [0.1, 0.15) is 6.54 Å². The fraction of sp³-hybridized carbons (Fsp3) is 0.0909. The highest BCUT2D eigenvalue weighted by Gasteiger charge is 2.21. The van der Waals surface area contributed by atoms with Gasteiger partial charge in [-0.25, -0.2) is 14.6 Å². The Kier molecular flexibility index (Phi) is 4.62. The van der Waals surface area contributed by atoms with E-state index >= 15 is 0 Å². The third-order valence-corrected chi connectivity index (χ3v) is 2.18. The van der Waals surface area contributed by atoms with E-state index in [4.69, 9.17) is 15.9 Å². The zero-order valence-corrected chi connectivity index (χ0v) is 10.1. The average Bonchev–Trinajstić information content (AvgIpc) is 2.37. The molecule has 0 bridgehead atoms. The molecule has 0 aliphatic carbocycles. The van der Waals surface area contributed by atoms with E-state index in [9.17, 15) is 19.2 Å². The molecule has 1 aromatic carbocycles. The molecule has 5 N–H and O–H groups in total. The third kappa shape index (κ3) is 3.70. The van der Waals surface area contributed by atoms with Crippen molar-refractivity contribution in [3.8, 4) is 0 Å². The van der Waals surface area contributed by atoms with Crippen molar-refractivity contribution in [2.45, 2.75) is 0 Å². The van der Waals surface area contributed by atoms with E-state index in [0.29, 0.717) is 0 Å². The number of carbonyl (C=O) groups is 4. The largest absolute Gasteiger partial charge is 0.478 e. The number of carbonyl (C=O) groups excluding carboxylic acids is 2. The van der Waals surface area contributed by atoms with E-state index in [1.807, 2.05) is 5.43 Å². The van der Waals surface area contributed by atoms with Gasteiger partial charge in [-0.3, -0.25) is 15.0 Å². The van der Waals surface area contributed by atoms with Gasteiger partial charge >= 0.3 is 12.1 Å². The van der Waals surface area contributed by atoms with Crippen LogP contribution in [0.25, 0.3) is 0 Å². The molecule has 0 saturated heterocycles. The molecule has 0 atom stereocenters. The molecule has 0 aliphatic heterocycles. The van der Waals surface area contributed by atoms with Crippen LogP contribution < -0.4 is 11.2 Å². The maximum Gasteiger partial charge on any atom is 0.426 e. The molecule has 0 fully saturated rings. The maximum atomic E-state index is 11.8. The first-order chi connectivity index (χ1) is 9.32. The van der Waals surface area contributed by atoms with Crippen LogP contribution in [0.1, 0.15) is 20.7 Å². The number of nitrogens with two attached hydrogens (primary N) is 1. The summed E-state index contributed by atoms with van der Waals surface area (Å²) < 4.78 is 0.